The van der Waals surface area contributed by atoms with Crippen LogP contribution in [0.3, 0.4) is 0 Å². The van der Waals surface area contributed by atoms with Gasteiger partial charge in [0, 0.05) is 119 Å². The molecule has 0 fully saturated rings. The normalized spacial score (nSPS) is 16.8. The maximum atomic E-state index is 16.0. The molecule has 0 radical (unpaired) electrons. The average Bonchev–Trinajstić information content (AvgIpc) is 1.73. The third-order valence-electron chi connectivity index (χ3n) is 24.1. The standard InChI is InChI=1S/C31H31FNO.C29H27FNO.C29H28NO.C28H25FNO/c1-18(2)25-15-22(16-26(19(3)4)30(25)32)21-13-14-33(6)27(17-21)29-20(5)11-12-24-23-9-7-8-10-28(23)34-31(24)29;1-18(2)15-22-16-20(10-12-25(22)30)21-13-14-31(4)26(17-21)28-19(3)9-11-24-23-7-5-6-8-27(23)32-29(24)28;1-19(2)16-21-8-7-9-22(17-21)23-14-15-30(4)26(18-23)28-20(3)12-13-25-24-10-5-6-11-27(24)31-29(25)28;1-17(2)23-15-19(10-12-24(23)29)20-13-14-30(4)25(16-20)27-18(3)9-11-22-21-7-5-6-8-26(21)31-28(22)27/h7-19H,1-6H3;5-14,16-18H,15H2,1-4H3;5-15,17-19H,16H2,1-4H3;5-17H,1-4H3/q4*+1/i1D3,3D3,18D,19D;1D3,18D;1D3,19D;1D3,17D. The van der Waals surface area contributed by atoms with Gasteiger partial charge in [0.1, 0.15) is 90.3 Å². The molecule has 5 unspecified atom stereocenters. The Labute approximate surface area is 776 Å². The number of furan rings is 4. The van der Waals surface area contributed by atoms with Gasteiger partial charge < -0.3 is 17.7 Å². The lowest BCUT2D eigenvalue weighted by Crippen LogP contribution is -2.30. The SMILES string of the molecule is [2H]C([2H])([2H])C([2H])(C)Cc1cc(-c2cc[n+](C)c(-c3c(C)ccc4c3oc3ccccc34)c2)ccc1F.[2H]C([2H])([2H])C([2H])(C)Cc1cccc(-c2cc[n+](C)c(-c3c(C)ccc4c3oc3ccccc34)c2)c1.[2H]C([2H])([2H])C([2H])(C)c1cc(-c2cc[n+](C)c(-c3c(C)ccc4c3oc3ccccc34)c2)cc(C([2H])(C)C([2H])([2H])[2H])c1F.[2H]C([2H])([2H])C([2H])(C)c1cc(-c2cc[n+](C)c(-c3c(C)ccc4c3oc3ccccc34)c2)ccc1F. The number of fused-ring (bicyclic) bond motifs is 12. The Morgan fingerprint density at radius 2 is 0.602 bits per heavy atom. The summed E-state index contributed by atoms with van der Waals surface area (Å²) in [5.41, 5.74) is 23.8. The Kier molecular flexibility index (Phi) is 18.2. The van der Waals surface area contributed by atoms with Gasteiger partial charge in [0.15, 0.2) is 24.8 Å². The third kappa shape index (κ3) is 16.9. The number of benzene rings is 12. The molecule has 11 heteroatoms. The van der Waals surface area contributed by atoms with Crippen LogP contribution in [0.1, 0.15) is 164 Å². The molecule has 0 aliphatic rings. The number of para-hydroxylation sites is 4. The van der Waals surface area contributed by atoms with Crippen molar-refractivity contribution < 1.29 is 76.5 Å². The quantitative estimate of drug-likeness (QED) is 0.0959. The Hall–Kier alpha value is -13.8. The van der Waals surface area contributed by atoms with Crippen molar-refractivity contribution in [3.8, 4) is 89.5 Å². The summed E-state index contributed by atoms with van der Waals surface area (Å²) < 4.78 is 238. The Balaban J connectivity index is 0.000000135. The van der Waals surface area contributed by atoms with Crippen LogP contribution >= 0.6 is 0 Å². The van der Waals surface area contributed by atoms with E-state index in [1.165, 1.54) is 51.1 Å². The number of pyridine rings is 4. The van der Waals surface area contributed by atoms with E-state index in [4.69, 9.17) is 45.1 Å². The lowest BCUT2D eigenvalue weighted by atomic mass is 9.89. The van der Waals surface area contributed by atoms with Crippen molar-refractivity contribution in [3.05, 3.63) is 359 Å². The van der Waals surface area contributed by atoms with E-state index in [-0.39, 0.29) is 24.0 Å². The average molecular weight is 1710 g/mol. The summed E-state index contributed by atoms with van der Waals surface area (Å²) in [6.07, 6.45) is 7.64. The second-order valence-corrected chi connectivity index (χ2v) is 33.5. The maximum absolute atomic E-state index is 16.0. The fourth-order valence-corrected chi connectivity index (χ4v) is 17.5. The molecule has 0 aliphatic heterocycles. The van der Waals surface area contributed by atoms with E-state index in [0.717, 1.165) is 197 Å². The number of halogens is 3. The summed E-state index contributed by atoms with van der Waals surface area (Å²) in [5, 5.41) is 8.27. The molecule has 8 nitrogen and oxygen atoms in total. The highest BCUT2D eigenvalue weighted by atomic mass is 19.1. The van der Waals surface area contributed by atoms with Crippen LogP contribution in [0.25, 0.3) is 177 Å². The zero-order valence-electron chi connectivity index (χ0n) is 93.7. The van der Waals surface area contributed by atoms with Gasteiger partial charge in [0.05, 0.1) is 22.3 Å². The number of hydrogen-bond acceptors (Lipinski definition) is 4. The van der Waals surface area contributed by atoms with E-state index in [1.54, 1.807) is 30.5 Å². The number of aromatic nitrogens is 4. The van der Waals surface area contributed by atoms with Crippen LogP contribution in [-0.2, 0) is 41.0 Å². The molecule has 0 bridgehead atoms. The first-order chi connectivity index (χ1) is 69.4. The van der Waals surface area contributed by atoms with Crippen LogP contribution in [0.2, 0.25) is 0 Å². The smallest absolute Gasteiger partial charge is 0.216 e. The number of hydrogen-bond donors (Lipinski definition) is 0. The zero-order valence-corrected chi connectivity index (χ0v) is 73.7. The number of aryl methyl sites for hydroxylation is 8. The Morgan fingerprint density at radius 3 is 0.969 bits per heavy atom. The minimum atomic E-state index is -2.93. The fourth-order valence-electron chi connectivity index (χ4n) is 17.5. The molecule has 0 saturated carbocycles. The second-order valence-electron chi connectivity index (χ2n) is 33.5. The molecule has 0 N–H and O–H groups in total. The molecule has 8 aromatic heterocycles. The zero-order chi connectivity index (χ0) is 107. The van der Waals surface area contributed by atoms with Gasteiger partial charge in [-0.15, -0.1) is 0 Å². The number of rotatable bonds is 15. The molecule has 12 aromatic carbocycles. The van der Waals surface area contributed by atoms with Crippen molar-refractivity contribution in [1.82, 2.24) is 0 Å². The summed E-state index contributed by atoms with van der Waals surface area (Å²) in [5.74, 6) is -12.6. The Bertz CT molecular complexity index is 8570. The van der Waals surface area contributed by atoms with Crippen molar-refractivity contribution in [2.75, 3.05) is 0 Å². The van der Waals surface area contributed by atoms with Crippen molar-refractivity contribution in [3.63, 3.8) is 0 Å². The van der Waals surface area contributed by atoms with Crippen LogP contribution in [0.15, 0.2) is 309 Å². The van der Waals surface area contributed by atoms with Gasteiger partial charge in [-0.25, -0.2) is 31.4 Å². The van der Waals surface area contributed by atoms with Gasteiger partial charge in [-0.05, 0) is 225 Å². The highest BCUT2D eigenvalue weighted by Gasteiger charge is 2.29. The molecule has 128 heavy (non-hydrogen) atoms. The van der Waals surface area contributed by atoms with Crippen LogP contribution in [0, 0.1) is 56.9 Å². The van der Waals surface area contributed by atoms with Gasteiger partial charge in [-0.2, -0.15) is 0 Å². The molecule has 0 spiro atoms. The van der Waals surface area contributed by atoms with E-state index in [1.807, 2.05) is 226 Å². The first-order valence-electron chi connectivity index (χ1n) is 52.5. The second kappa shape index (κ2) is 35.9. The van der Waals surface area contributed by atoms with Crippen molar-refractivity contribution in [2.45, 2.75) is 127 Å². The minimum Gasteiger partial charge on any atom is -0.455 e. The lowest BCUT2D eigenvalue weighted by molar-refractivity contribution is -0.660. The molecular weight excluding hydrogens is 1580 g/mol. The van der Waals surface area contributed by atoms with E-state index < -0.39 is 92.3 Å². The van der Waals surface area contributed by atoms with Gasteiger partial charge in [0.2, 0.25) is 22.8 Å². The largest absolute Gasteiger partial charge is 0.455 e. The van der Waals surface area contributed by atoms with Crippen LogP contribution in [-0.4, -0.2) is 0 Å². The van der Waals surface area contributed by atoms with Crippen molar-refractivity contribution >= 4 is 87.8 Å². The number of nitrogens with zero attached hydrogens (tertiary/aromatic N) is 4. The third-order valence-corrected chi connectivity index (χ3v) is 24.1. The van der Waals surface area contributed by atoms with E-state index in [9.17, 15) is 8.78 Å². The van der Waals surface area contributed by atoms with Gasteiger partial charge in [-0.3, -0.25) is 0 Å². The summed E-state index contributed by atoms with van der Waals surface area (Å²) >= 11 is 0. The lowest BCUT2D eigenvalue weighted by Gasteiger charge is -2.17. The molecule has 640 valence electrons. The van der Waals surface area contributed by atoms with Crippen LogP contribution < -0.4 is 18.3 Å². The molecule has 5 atom stereocenters. The highest BCUT2D eigenvalue weighted by molar-refractivity contribution is 6.13. The van der Waals surface area contributed by atoms with Crippen molar-refractivity contribution in [1.29, 1.82) is 0 Å². The van der Waals surface area contributed by atoms with Gasteiger partial charge in [-0.1, -0.05) is 227 Å². The first kappa shape index (κ1) is 64.9. The predicted molar refractivity (Wildman–Crippen MR) is 521 cm³/mol. The molecule has 20 rings (SSSR count). The van der Waals surface area contributed by atoms with Crippen LogP contribution in [0.4, 0.5) is 13.2 Å². The van der Waals surface area contributed by atoms with Crippen molar-refractivity contribution in [2.24, 2.45) is 40.0 Å². The van der Waals surface area contributed by atoms with Gasteiger partial charge >= 0.3 is 0 Å². The molecule has 0 aliphatic carbocycles. The summed E-state index contributed by atoms with van der Waals surface area (Å²) in [6.45, 7) is 0.925. The van der Waals surface area contributed by atoms with Gasteiger partial charge in [0.25, 0.3) is 0 Å². The minimum absolute atomic E-state index is 0.152. The highest BCUT2D eigenvalue weighted by Crippen LogP contribution is 2.45. The topological polar surface area (TPSA) is 68.1 Å². The summed E-state index contributed by atoms with van der Waals surface area (Å²) in [6, 6.07) is 83.4. The van der Waals surface area contributed by atoms with E-state index in [2.05, 4.69) is 79.1 Å². The fraction of sp³-hybridized carbons (Fsp3) is 0.214. The van der Waals surface area contributed by atoms with Crippen LogP contribution in [0.5, 0.6) is 0 Å². The molecule has 8 heterocycles. The summed E-state index contributed by atoms with van der Waals surface area (Å²) in [4.78, 5) is 0. The molecule has 0 saturated heterocycles. The first-order valence-corrected chi connectivity index (χ1v) is 42.5. The molecular formula is C117H111F3N4O4+4. The predicted octanol–water partition coefficient (Wildman–Crippen LogP) is 30.4. The van der Waals surface area contributed by atoms with E-state index in [0.29, 0.717) is 22.3 Å². The Morgan fingerprint density at radius 1 is 0.289 bits per heavy atom. The van der Waals surface area contributed by atoms with E-state index >= 15 is 4.39 Å². The maximum Gasteiger partial charge on any atom is 0.216 e. The summed E-state index contributed by atoms with van der Waals surface area (Å²) in [7, 11) is 7.81. The monoisotopic (exact) mass is 1710 g/mol. The molecule has 20 aromatic rings. The molecule has 0 amide bonds.